The Kier molecular flexibility index (Phi) is 4.56. The number of oxazole rings is 1. The van der Waals surface area contributed by atoms with Crippen molar-refractivity contribution in [3.63, 3.8) is 0 Å². The molecule has 6 heteroatoms. The number of aromatic nitrogens is 2. The van der Waals surface area contributed by atoms with Gasteiger partial charge in [-0.05, 0) is 30.7 Å². The molecule has 24 heavy (non-hydrogen) atoms. The summed E-state index contributed by atoms with van der Waals surface area (Å²) in [7, 11) is 0. The Morgan fingerprint density at radius 1 is 1.25 bits per heavy atom. The Labute approximate surface area is 138 Å². The van der Waals surface area contributed by atoms with Crippen LogP contribution in [0, 0.1) is 6.92 Å². The van der Waals surface area contributed by atoms with Crippen molar-refractivity contribution in [1.29, 1.82) is 0 Å². The fourth-order valence-corrected chi connectivity index (χ4v) is 2.31. The number of benzene rings is 1. The second kappa shape index (κ2) is 6.95. The second-order valence-corrected chi connectivity index (χ2v) is 5.40. The van der Waals surface area contributed by atoms with Gasteiger partial charge in [0, 0.05) is 24.4 Å². The number of carbonyl (C=O) groups excluding carboxylic acids is 1. The van der Waals surface area contributed by atoms with Gasteiger partial charge < -0.3 is 14.7 Å². The van der Waals surface area contributed by atoms with E-state index in [0.29, 0.717) is 23.9 Å². The molecule has 6 nitrogen and oxygen atoms in total. The number of hydrogen-bond acceptors (Lipinski definition) is 4. The van der Waals surface area contributed by atoms with Crippen molar-refractivity contribution in [1.82, 2.24) is 15.3 Å². The van der Waals surface area contributed by atoms with Crippen molar-refractivity contribution in [2.24, 2.45) is 0 Å². The third-order valence-corrected chi connectivity index (χ3v) is 3.57. The van der Waals surface area contributed by atoms with Gasteiger partial charge in [-0.15, -0.1) is 0 Å². The van der Waals surface area contributed by atoms with Crippen LogP contribution in [0.4, 0.5) is 0 Å². The standard InChI is InChI=1S/C18H17N3O3/c1-12-15(21-18(24-12)14-5-3-2-4-6-14)10-17(23)20-11-13-7-8-19-16(22)9-13/h2-9H,10-11H2,1H3,(H,19,22)(H,20,23). The number of pyridine rings is 1. The SMILES string of the molecule is Cc1oc(-c2ccccc2)nc1CC(=O)NCc1cc[nH]c(=O)c1. The largest absolute Gasteiger partial charge is 0.441 e. The molecule has 0 aliphatic heterocycles. The highest BCUT2D eigenvalue weighted by Crippen LogP contribution is 2.21. The Bertz CT molecular complexity index is 897. The van der Waals surface area contributed by atoms with Crippen LogP contribution in [0.1, 0.15) is 17.0 Å². The molecule has 0 fully saturated rings. The monoisotopic (exact) mass is 323 g/mol. The molecule has 0 unspecified atom stereocenters. The van der Waals surface area contributed by atoms with E-state index in [-0.39, 0.29) is 17.9 Å². The fraction of sp³-hybridized carbons (Fsp3) is 0.167. The predicted molar refractivity (Wildman–Crippen MR) is 89.3 cm³/mol. The Balaban J connectivity index is 1.64. The summed E-state index contributed by atoms with van der Waals surface area (Å²) in [6, 6.07) is 12.7. The lowest BCUT2D eigenvalue weighted by atomic mass is 10.2. The van der Waals surface area contributed by atoms with Crippen LogP contribution in [-0.4, -0.2) is 15.9 Å². The number of amides is 1. The summed E-state index contributed by atoms with van der Waals surface area (Å²) in [5, 5.41) is 2.78. The van der Waals surface area contributed by atoms with Crippen molar-refractivity contribution >= 4 is 5.91 Å². The first-order valence-corrected chi connectivity index (χ1v) is 7.58. The molecule has 2 aromatic heterocycles. The summed E-state index contributed by atoms with van der Waals surface area (Å²) >= 11 is 0. The zero-order chi connectivity index (χ0) is 16.9. The molecule has 0 spiro atoms. The van der Waals surface area contributed by atoms with Crippen molar-refractivity contribution < 1.29 is 9.21 Å². The average Bonchev–Trinajstić information content (AvgIpc) is 2.95. The van der Waals surface area contributed by atoms with Gasteiger partial charge in [0.1, 0.15) is 5.76 Å². The molecule has 2 N–H and O–H groups in total. The van der Waals surface area contributed by atoms with Crippen molar-refractivity contribution in [2.75, 3.05) is 0 Å². The molecular formula is C18H17N3O3. The molecular weight excluding hydrogens is 306 g/mol. The van der Waals surface area contributed by atoms with Gasteiger partial charge in [0.25, 0.3) is 0 Å². The molecule has 2 heterocycles. The zero-order valence-corrected chi connectivity index (χ0v) is 13.2. The molecule has 1 aromatic carbocycles. The van der Waals surface area contributed by atoms with E-state index in [0.717, 1.165) is 11.1 Å². The van der Waals surface area contributed by atoms with Crippen LogP contribution in [0.5, 0.6) is 0 Å². The second-order valence-electron chi connectivity index (χ2n) is 5.40. The minimum Gasteiger partial charge on any atom is -0.441 e. The van der Waals surface area contributed by atoms with Gasteiger partial charge in [0.2, 0.25) is 17.4 Å². The Morgan fingerprint density at radius 2 is 2.04 bits per heavy atom. The molecule has 1 amide bonds. The van der Waals surface area contributed by atoms with E-state index >= 15 is 0 Å². The Hall–Kier alpha value is -3.15. The van der Waals surface area contributed by atoms with Crippen LogP contribution in [-0.2, 0) is 17.8 Å². The number of aromatic amines is 1. The number of nitrogens with one attached hydrogen (secondary N) is 2. The third kappa shape index (κ3) is 3.78. The summed E-state index contributed by atoms with van der Waals surface area (Å²) in [4.78, 5) is 30.2. The van der Waals surface area contributed by atoms with E-state index in [4.69, 9.17) is 4.42 Å². The van der Waals surface area contributed by atoms with Gasteiger partial charge in [-0.2, -0.15) is 0 Å². The molecule has 0 radical (unpaired) electrons. The van der Waals surface area contributed by atoms with Gasteiger partial charge in [-0.3, -0.25) is 9.59 Å². The number of nitrogens with zero attached hydrogens (tertiary/aromatic N) is 1. The summed E-state index contributed by atoms with van der Waals surface area (Å²) in [5.41, 5.74) is 2.03. The highest BCUT2D eigenvalue weighted by molar-refractivity contribution is 5.78. The van der Waals surface area contributed by atoms with E-state index in [1.807, 2.05) is 30.3 Å². The summed E-state index contributed by atoms with van der Waals surface area (Å²) in [6.45, 7) is 2.09. The van der Waals surface area contributed by atoms with Crippen LogP contribution >= 0.6 is 0 Å². The first-order chi connectivity index (χ1) is 11.6. The highest BCUT2D eigenvalue weighted by Gasteiger charge is 2.14. The molecule has 0 bridgehead atoms. The van der Waals surface area contributed by atoms with Crippen LogP contribution in [0.25, 0.3) is 11.5 Å². The first-order valence-electron chi connectivity index (χ1n) is 7.58. The normalized spacial score (nSPS) is 10.5. The van der Waals surface area contributed by atoms with Crippen LogP contribution < -0.4 is 10.9 Å². The Morgan fingerprint density at radius 3 is 2.79 bits per heavy atom. The van der Waals surface area contributed by atoms with Gasteiger partial charge >= 0.3 is 0 Å². The number of rotatable bonds is 5. The topological polar surface area (TPSA) is 88.0 Å². The third-order valence-electron chi connectivity index (χ3n) is 3.57. The molecule has 0 aliphatic carbocycles. The lowest BCUT2D eigenvalue weighted by Gasteiger charge is -2.03. The van der Waals surface area contributed by atoms with E-state index in [1.54, 1.807) is 19.2 Å². The maximum atomic E-state index is 12.1. The fourth-order valence-electron chi connectivity index (χ4n) is 2.31. The summed E-state index contributed by atoms with van der Waals surface area (Å²) < 4.78 is 5.64. The molecule has 3 aromatic rings. The highest BCUT2D eigenvalue weighted by atomic mass is 16.4. The minimum atomic E-state index is -0.193. The smallest absolute Gasteiger partial charge is 0.248 e. The quantitative estimate of drug-likeness (QED) is 0.753. The maximum Gasteiger partial charge on any atom is 0.248 e. The van der Waals surface area contributed by atoms with E-state index in [1.165, 1.54) is 6.07 Å². The maximum absolute atomic E-state index is 12.1. The van der Waals surface area contributed by atoms with Crippen LogP contribution in [0.3, 0.4) is 0 Å². The first kappa shape index (κ1) is 15.7. The van der Waals surface area contributed by atoms with E-state index in [9.17, 15) is 9.59 Å². The lowest BCUT2D eigenvalue weighted by Crippen LogP contribution is -2.25. The van der Waals surface area contributed by atoms with Crippen molar-refractivity contribution in [2.45, 2.75) is 19.9 Å². The summed E-state index contributed by atoms with van der Waals surface area (Å²) in [6.07, 6.45) is 1.68. The molecule has 3 rings (SSSR count). The number of H-pyrrole nitrogens is 1. The molecule has 0 atom stereocenters. The predicted octanol–water partition coefficient (Wildman–Crippen LogP) is 2.20. The van der Waals surface area contributed by atoms with Gasteiger partial charge in [0.15, 0.2) is 0 Å². The molecule has 0 saturated carbocycles. The molecule has 0 aliphatic rings. The molecule has 122 valence electrons. The van der Waals surface area contributed by atoms with Gasteiger partial charge in [0.05, 0.1) is 12.1 Å². The van der Waals surface area contributed by atoms with Crippen LogP contribution in [0.2, 0.25) is 0 Å². The van der Waals surface area contributed by atoms with Gasteiger partial charge in [-0.1, -0.05) is 18.2 Å². The van der Waals surface area contributed by atoms with Crippen LogP contribution in [0.15, 0.2) is 57.9 Å². The lowest BCUT2D eigenvalue weighted by molar-refractivity contribution is -0.120. The zero-order valence-electron chi connectivity index (χ0n) is 13.2. The van der Waals surface area contributed by atoms with Crippen molar-refractivity contribution in [3.8, 4) is 11.5 Å². The summed E-state index contributed by atoms with van der Waals surface area (Å²) in [5.74, 6) is 0.956. The van der Waals surface area contributed by atoms with E-state index in [2.05, 4.69) is 15.3 Å². The number of hydrogen-bond donors (Lipinski definition) is 2. The average molecular weight is 323 g/mol. The number of carbonyl (C=O) groups is 1. The van der Waals surface area contributed by atoms with Gasteiger partial charge in [-0.25, -0.2) is 4.98 Å². The molecule has 0 saturated heterocycles. The van der Waals surface area contributed by atoms with Crippen molar-refractivity contribution in [3.05, 3.63) is 76.0 Å². The van der Waals surface area contributed by atoms with E-state index < -0.39 is 0 Å². The number of aryl methyl sites for hydroxylation is 1. The minimum absolute atomic E-state index is 0.130.